The van der Waals surface area contributed by atoms with Crippen LogP contribution in [0.5, 0.6) is 0 Å². The molecule has 0 atom stereocenters. The molecule has 27 heavy (non-hydrogen) atoms. The van der Waals surface area contributed by atoms with Crippen LogP contribution in [0.2, 0.25) is 0 Å². The highest BCUT2D eigenvalue weighted by Crippen LogP contribution is 2.36. The monoisotopic (exact) mass is 366 g/mol. The topological polar surface area (TPSA) is 82.2 Å². The highest BCUT2D eigenvalue weighted by atomic mass is 16.2. The predicted octanol–water partition coefficient (Wildman–Crippen LogP) is 2.70. The van der Waals surface area contributed by atoms with E-state index >= 15 is 0 Å². The summed E-state index contributed by atoms with van der Waals surface area (Å²) in [5.74, 6) is 0.737. The molecule has 3 N–H and O–H groups in total. The van der Waals surface area contributed by atoms with Crippen molar-refractivity contribution in [1.29, 1.82) is 0 Å². The fraction of sp³-hybridized carbons (Fsp3) is 0.450. The first kappa shape index (κ1) is 17.7. The number of para-hydroxylation sites is 2. The van der Waals surface area contributed by atoms with E-state index in [9.17, 15) is 4.79 Å². The molecular formula is C20H26N6O. The van der Waals surface area contributed by atoms with Gasteiger partial charge in [-0.15, -0.1) is 0 Å². The Morgan fingerprint density at radius 2 is 1.81 bits per heavy atom. The van der Waals surface area contributed by atoms with Crippen molar-refractivity contribution in [2.75, 3.05) is 29.0 Å². The minimum atomic E-state index is -0.508. The number of hydrogen-bond acceptors (Lipinski definition) is 6. The number of nitrogens with one attached hydrogen (secondary N) is 3. The van der Waals surface area contributed by atoms with Crippen molar-refractivity contribution in [1.82, 2.24) is 14.9 Å². The summed E-state index contributed by atoms with van der Waals surface area (Å²) in [7, 11) is 0. The zero-order chi connectivity index (χ0) is 18.9. The maximum absolute atomic E-state index is 12.7. The van der Waals surface area contributed by atoms with Crippen LogP contribution >= 0.6 is 0 Å². The van der Waals surface area contributed by atoms with Gasteiger partial charge in [0.05, 0.1) is 11.4 Å². The molecule has 0 radical (unpaired) electrons. The molecule has 3 heterocycles. The highest BCUT2D eigenvalue weighted by Gasteiger charge is 2.44. The second kappa shape index (κ2) is 7.15. The quantitative estimate of drug-likeness (QED) is 0.772. The summed E-state index contributed by atoms with van der Waals surface area (Å²) >= 11 is 0. The van der Waals surface area contributed by atoms with E-state index in [4.69, 9.17) is 0 Å². The van der Waals surface area contributed by atoms with Gasteiger partial charge in [-0.25, -0.2) is 9.97 Å². The normalized spacial score (nSPS) is 18.7. The Kier molecular flexibility index (Phi) is 4.70. The van der Waals surface area contributed by atoms with Crippen LogP contribution in [-0.4, -0.2) is 45.4 Å². The molecule has 0 saturated carbocycles. The number of hydrogen-bond donors (Lipinski definition) is 3. The Labute approximate surface area is 159 Å². The Hall–Kier alpha value is -2.67. The van der Waals surface area contributed by atoms with Gasteiger partial charge in [0.15, 0.2) is 0 Å². The maximum atomic E-state index is 12.7. The molecule has 1 spiro atoms. The number of likely N-dealkylation sites (tertiary alicyclic amines) is 1. The maximum Gasteiger partial charge on any atom is 0.250 e. The standard InChI is InChI=1S/C20H26N6O/c1-14(2)23-19-21-11-15(12-22-19)13-26-9-7-20(8-10-26)18(27)24-16-5-3-4-6-17(16)25-20/h3-6,11-12,14,25H,7-10,13H2,1-2H3,(H,24,27)(H,21,22,23). The minimum Gasteiger partial charge on any atom is -0.369 e. The lowest BCUT2D eigenvalue weighted by atomic mass is 9.84. The van der Waals surface area contributed by atoms with E-state index in [0.717, 1.165) is 49.4 Å². The van der Waals surface area contributed by atoms with Crippen molar-refractivity contribution in [2.24, 2.45) is 0 Å². The smallest absolute Gasteiger partial charge is 0.250 e. The number of fused-ring (bicyclic) bond motifs is 1. The summed E-state index contributed by atoms with van der Waals surface area (Å²) in [4.78, 5) is 23.8. The number of aromatic nitrogens is 2. The molecule has 2 aliphatic heterocycles. The lowest BCUT2D eigenvalue weighted by molar-refractivity contribution is -0.122. The van der Waals surface area contributed by atoms with Gasteiger partial charge in [-0.3, -0.25) is 9.69 Å². The van der Waals surface area contributed by atoms with Crippen LogP contribution in [0.1, 0.15) is 32.3 Å². The third kappa shape index (κ3) is 3.73. The van der Waals surface area contributed by atoms with E-state index in [1.54, 1.807) is 0 Å². The number of nitrogens with zero attached hydrogens (tertiary/aromatic N) is 3. The van der Waals surface area contributed by atoms with E-state index < -0.39 is 5.54 Å². The van der Waals surface area contributed by atoms with Crippen molar-refractivity contribution >= 4 is 23.2 Å². The highest BCUT2D eigenvalue weighted by molar-refractivity contribution is 6.06. The molecule has 2 aliphatic rings. The zero-order valence-electron chi connectivity index (χ0n) is 15.8. The Morgan fingerprint density at radius 1 is 1.15 bits per heavy atom. The van der Waals surface area contributed by atoms with Crippen LogP contribution in [0.4, 0.5) is 17.3 Å². The van der Waals surface area contributed by atoms with Gasteiger partial charge in [0.2, 0.25) is 11.9 Å². The minimum absolute atomic E-state index is 0.0771. The molecule has 1 fully saturated rings. The van der Waals surface area contributed by atoms with Gasteiger partial charge in [-0.1, -0.05) is 12.1 Å². The van der Waals surface area contributed by atoms with Gasteiger partial charge in [0, 0.05) is 43.6 Å². The van der Waals surface area contributed by atoms with Crippen LogP contribution in [0.25, 0.3) is 0 Å². The van der Waals surface area contributed by atoms with Crippen LogP contribution in [0.3, 0.4) is 0 Å². The molecular weight excluding hydrogens is 340 g/mol. The van der Waals surface area contributed by atoms with Gasteiger partial charge in [-0.2, -0.15) is 0 Å². The molecule has 7 nitrogen and oxygen atoms in total. The number of rotatable bonds is 4. The van der Waals surface area contributed by atoms with E-state index in [2.05, 4.69) is 44.7 Å². The average molecular weight is 366 g/mol. The third-order valence-electron chi connectivity index (χ3n) is 5.22. The SMILES string of the molecule is CC(C)Nc1ncc(CN2CCC3(CC2)Nc2ccccc2NC3=O)cn1. The van der Waals surface area contributed by atoms with E-state index in [1.165, 1.54) is 0 Å². The van der Waals surface area contributed by atoms with Crippen LogP contribution in [-0.2, 0) is 11.3 Å². The van der Waals surface area contributed by atoms with Crippen molar-refractivity contribution in [2.45, 2.75) is 44.8 Å². The summed E-state index contributed by atoms with van der Waals surface area (Å²) in [5, 5.41) is 9.76. The molecule has 0 aliphatic carbocycles. The summed E-state index contributed by atoms with van der Waals surface area (Å²) in [6.07, 6.45) is 5.32. The summed E-state index contributed by atoms with van der Waals surface area (Å²) < 4.78 is 0. The number of anilines is 3. The number of carbonyl (C=O) groups is 1. The van der Waals surface area contributed by atoms with E-state index in [1.807, 2.05) is 36.7 Å². The Bertz CT molecular complexity index is 811. The fourth-order valence-electron chi connectivity index (χ4n) is 3.73. The first-order valence-electron chi connectivity index (χ1n) is 9.53. The first-order chi connectivity index (χ1) is 13.0. The fourth-order valence-corrected chi connectivity index (χ4v) is 3.73. The second-order valence-corrected chi connectivity index (χ2v) is 7.70. The van der Waals surface area contributed by atoms with Crippen LogP contribution < -0.4 is 16.0 Å². The van der Waals surface area contributed by atoms with Crippen molar-refractivity contribution in [3.05, 3.63) is 42.2 Å². The zero-order valence-corrected chi connectivity index (χ0v) is 15.8. The van der Waals surface area contributed by atoms with Gasteiger partial charge >= 0.3 is 0 Å². The largest absolute Gasteiger partial charge is 0.369 e. The number of benzene rings is 1. The number of amides is 1. The van der Waals surface area contributed by atoms with Gasteiger partial charge < -0.3 is 16.0 Å². The number of carbonyl (C=O) groups excluding carboxylic acids is 1. The average Bonchev–Trinajstić information content (AvgIpc) is 2.66. The molecule has 0 bridgehead atoms. The molecule has 1 aromatic carbocycles. The number of piperidine rings is 1. The molecule has 1 saturated heterocycles. The molecule has 2 aromatic rings. The molecule has 7 heteroatoms. The summed E-state index contributed by atoms with van der Waals surface area (Å²) in [6, 6.07) is 8.19. The van der Waals surface area contributed by atoms with Gasteiger partial charge in [0.1, 0.15) is 5.54 Å². The Balaban J connectivity index is 1.37. The lowest BCUT2D eigenvalue weighted by Crippen LogP contribution is -2.58. The van der Waals surface area contributed by atoms with Crippen molar-refractivity contribution < 1.29 is 4.79 Å². The van der Waals surface area contributed by atoms with Gasteiger partial charge in [0.25, 0.3) is 0 Å². The molecule has 142 valence electrons. The summed E-state index contributed by atoms with van der Waals surface area (Å²) in [6.45, 7) is 6.64. The molecule has 1 amide bonds. The van der Waals surface area contributed by atoms with Crippen molar-refractivity contribution in [3.8, 4) is 0 Å². The first-order valence-corrected chi connectivity index (χ1v) is 9.53. The second-order valence-electron chi connectivity index (χ2n) is 7.70. The molecule has 4 rings (SSSR count). The van der Waals surface area contributed by atoms with Crippen molar-refractivity contribution in [3.63, 3.8) is 0 Å². The lowest BCUT2D eigenvalue weighted by Gasteiger charge is -2.44. The molecule has 0 unspecified atom stereocenters. The van der Waals surface area contributed by atoms with Crippen LogP contribution in [0.15, 0.2) is 36.7 Å². The van der Waals surface area contributed by atoms with E-state index in [-0.39, 0.29) is 5.91 Å². The van der Waals surface area contributed by atoms with Gasteiger partial charge in [-0.05, 0) is 38.8 Å². The molecule has 1 aromatic heterocycles. The predicted molar refractivity (Wildman–Crippen MR) is 107 cm³/mol. The van der Waals surface area contributed by atoms with Crippen LogP contribution in [0, 0.1) is 0 Å². The van der Waals surface area contributed by atoms with E-state index in [0.29, 0.717) is 12.0 Å². The Morgan fingerprint density at radius 3 is 2.48 bits per heavy atom. The summed E-state index contributed by atoms with van der Waals surface area (Å²) in [5.41, 5.74) is 2.45. The third-order valence-corrected chi connectivity index (χ3v) is 5.22.